The number of aromatic nitrogens is 1. The monoisotopic (exact) mass is 359 g/mol. The van der Waals surface area contributed by atoms with Crippen LogP contribution in [0.2, 0.25) is 0 Å². The molecule has 1 amide bonds. The van der Waals surface area contributed by atoms with Gasteiger partial charge in [-0.3, -0.25) is 9.69 Å². The summed E-state index contributed by atoms with van der Waals surface area (Å²) in [6.45, 7) is 8.27. The van der Waals surface area contributed by atoms with Gasteiger partial charge in [-0.25, -0.2) is 0 Å². The van der Waals surface area contributed by atoms with Crippen LogP contribution in [0.5, 0.6) is 0 Å². The molecule has 2 bridgehead atoms. The molecule has 0 aromatic carbocycles. The van der Waals surface area contributed by atoms with Crippen molar-refractivity contribution in [3.8, 4) is 0 Å². The highest BCUT2D eigenvalue weighted by Crippen LogP contribution is 2.23. The number of furan rings is 1. The van der Waals surface area contributed by atoms with Crippen LogP contribution in [0, 0.1) is 19.8 Å². The lowest BCUT2D eigenvalue weighted by molar-refractivity contribution is -0.133. The summed E-state index contributed by atoms with van der Waals surface area (Å²) in [5, 5.41) is 3.87. The van der Waals surface area contributed by atoms with Gasteiger partial charge < -0.3 is 18.6 Å². The molecule has 2 aromatic rings. The molecule has 4 heterocycles. The maximum absolute atomic E-state index is 12.9. The number of hydrogen-bond acceptors (Lipinski definition) is 6. The minimum Gasteiger partial charge on any atom is -0.465 e. The van der Waals surface area contributed by atoms with Crippen molar-refractivity contribution in [1.29, 1.82) is 0 Å². The molecule has 0 unspecified atom stereocenters. The molecule has 7 heteroatoms. The SMILES string of the molecule is Cc1cc(CC(=O)N2C[C@H]3COC[C@@H]2CN(Cc2ccc(C)o2)C3)on1. The van der Waals surface area contributed by atoms with Gasteiger partial charge >= 0.3 is 0 Å². The van der Waals surface area contributed by atoms with E-state index in [9.17, 15) is 4.79 Å². The van der Waals surface area contributed by atoms with Gasteiger partial charge in [-0.05, 0) is 26.0 Å². The Hall–Kier alpha value is -2.12. The molecule has 0 spiro atoms. The summed E-state index contributed by atoms with van der Waals surface area (Å²) >= 11 is 0. The summed E-state index contributed by atoms with van der Waals surface area (Å²) < 4.78 is 16.8. The number of amides is 1. The highest BCUT2D eigenvalue weighted by Gasteiger charge is 2.36. The lowest BCUT2D eigenvalue weighted by atomic mass is 10.1. The summed E-state index contributed by atoms with van der Waals surface area (Å²) in [5.41, 5.74) is 0.797. The van der Waals surface area contributed by atoms with Crippen LogP contribution in [0.25, 0.3) is 0 Å². The van der Waals surface area contributed by atoms with Gasteiger partial charge in [-0.2, -0.15) is 0 Å². The second kappa shape index (κ2) is 7.25. The predicted octanol–water partition coefficient (Wildman–Crippen LogP) is 1.79. The lowest BCUT2D eigenvalue weighted by Crippen LogP contribution is -2.47. The first-order valence-corrected chi connectivity index (χ1v) is 9.14. The van der Waals surface area contributed by atoms with E-state index in [-0.39, 0.29) is 18.4 Å². The number of aryl methyl sites for hydroxylation is 2. The first kappa shape index (κ1) is 17.3. The molecule has 140 valence electrons. The van der Waals surface area contributed by atoms with Gasteiger partial charge in [0.15, 0.2) is 0 Å². The van der Waals surface area contributed by atoms with E-state index in [1.54, 1.807) is 0 Å². The van der Waals surface area contributed by atoms with Crippen molar-refractivity contribution in [3.05, 3.63) is 41.2 Å². The van der Waals surface area contributed by atoms with Crippen LogP contribution in [0.4, 0.5) is 0 Å². The zero-order valence-corrected chi connectivity index (χ0v) is 15.3. The van der Waals surface area contributed by atoms with E-state index >= 15 is 0 Å². The number of fused-ring (bicyclic) bond motifs is 3. The zero-order valence-electron chi connectivity index (χ0n) is 15.3. The van der Waals surface area contributed by atoms with Crippen molar-refractivity contribution in [1.82, 2.24) is 15.0 Å². The average molecular weight is 359 g/mol. The Morgan fingerprint density at radius 3 is 2.81 bits per heavy atom. The van der Waals surface area contributed by atoms with E-state index in [0.717, 1.165) is 43.4 Å². The molecule has 7 nitrogen and oxygen atoms in total. The molecule has 2 atom stereocenters. The van der Waals surface area contributed by atoms with Gasteiger partial charge in [0, 0.05) is 31.6 Å². The minimum atomic E-state index is 0.0510. The van der Waals surface area contributed by atoms with Crippen LogP contribution in [0.15, 0.2) is 27.1 Å². The molecule has 2 aromatic heterocycles. The van der Waals surface area contributed by atoms with Gasteiger partial charge in [0.2, 0.25) is 5.91 Å². The van der Waals surface area contributed by atoms with Crippen molar-refractivity contribution in [2.24, 2.45) is 5.92 Å². The average Bonchev–Trinajstić information content (AvgIpc) is 3.05. The van der Waals surface area contributed by atoms with Gasteiger partial charge in [0.1, 0.15) is 17.3 Å². The van der Waals surface area contributed by atoms with Crippen molar-refractivity contribution >= 4 is 5.91 Å². The van der Waals surface area contributed by atoms with Gasteiger partial charge in [0.05, 0.1) is 37.9 Å². The minimum absolute atomic E-state index is 0.0510. The van der Waals surface area contributed by atoms with Crippen molar-refractivity contribution in [3.63, 3.8) is 0 Å². The van der Waals surface area contributed by atoms with E-state index in [0.29, 0.717) is 24.9 Å². The smallest absolute Gasteiger partial charge is 0.230 e. The number of ether oxygens (including phenoxy) is 1. The molecule has 2 saturated heterocycles. The summed E-state index contributed by atoms with van der Waals surface area (Å²) in [7, 11) is 0. The fraction of sp³-hybridized carbons (Fsp3) is 0.579. The third-order valence-electron chi connectivity index (χ3n) is 5.04. The van der Waals surface area contributed by atoms with Crippen LogP contribution in [-0.4, -0.2) is 59.8 Å². The number of hydrogen-bond donors (Lipinski definition) is 0. The Balaban J connectivity index is 1.46. The fourth-order valence-corrected chi connectivity index (χ4v) is 3.92. The van der Waals surface area contributed by atoms with Gasteiger partial charge in [-0.1, -0.05) is 5.16 Å². The zero-order chi connectivity index (χ0) is 18.1. The second-order valence-corrected chi connectivity index (χ2v) is 7.42. The van der Waals surface area contributed by atoms with Crippen molar-refractivity contribution in [2.45, 2.75) is 32.9 Å². The molecule has 2 aliphatic rings. The Kier molecular flexibility index (Phi) is 4.82. The Morgan fingerprint density at radius 1 is 1.19 bits per heavy atom. The quantitative estimate of drug-likeness (QED) is 0.829. The number of carbonyl (C=O) groups is 1. The van der Waals surface area contributed by atoms with E-state index in [4.69, 9.17) is 13.7 Å². The van der Waals surface area contributed by atoms with Crippen molar-refractivity contribution in [2.75, 3.05) is 32.8 Å². The summed E-state index contributed by atoms with van der Waals surface area (Å²) in [4.78, 5) is 17.2. The standard InChI is InChI=1S/C19H25N3O4/c1-13-5-18(26-20-13)6-19(23)22-8-15-7-21(9-16(22)12-24-11-15)10-17-4-3-14(2)25-17/h3-5,15-16H,6-12H2,1-2H3/t15-,16-/m0/s1. The molecule has 2 aliphatic heterocycles. The summed E-state index contributed by atoms with van der Waals surface area (Å²) in [6, 6.07) is 5.90. The van der Waals surface area contributed by atoms with Crippen LogP contribution in [-0.2, 0) is 22.5 Å². The molecule has 0 N–H and O–H groups in total. The van der Waals surface area contributed by atoms with E-state index in [1.165, 1.54) is 0 Å². The second-order valence-electron chi connectivity index (χ2n) is 7.42. The molecule has 0 saturated carbocycles. The van der Waals surface area contributed by atoms with Crippen LogP contribution in [0.3, 0.4) is 0 Å². The maximum atomic E-state index is 12.9. The predicted molar refractivity (Wildman–Crippen MR) is 93.5 cm³/mol. The Bertz CT molecular complexity index is 768. The highest BCUT2D eigenvalue weighted by molar-refractivity contribution is 5.78. The van der Waals surface area contributed by atoms with Crippen LogP contribution >= 0.6 is 0 Å². The third kappa shape index (κ3) is 3.83. The third-order valence-corrected chi connectivity index (χ3v) is 5.04. The molecule has 4 rings (SSSR count). The topological polar surface area (TPSA) is 72.0 Å². The Labute approximate surface area is 152 Å². The maximum Gasteiger partial charge on any atom is 0.230 e. The van der Waals surface area contributed by atoms with E-state index in [2.05, 4.69) is 10.1 Å². The molecule has 2 fully saturated rings. The van der Waals surface area contributed by atoms with E-state index in [1.807, 2.05) is 36.9 Å². The van der Waals surface area contributed by atoms with Crippen LogP contribution in [0.1, 0.15) is 23.0 Å². The normalized spacial score (nSPS) is 23.8. The summed E-state index contributed by atoms with van der Waals surface area (Å²) in [6.07, 6.45) is 0.251. The summed E-state index contributed by atoms with van der Waals surface area (Å²) in [5.74, 6) is 2.90. The molecule has 0 radical (unpaired) electrons. The fourth-order valence-electron chi connectivity index (χ4n) is 3.92. The van der Waals surface area contributed by atoms with Gasteiger partial charge in [-0.15, -0.1) is 0 Å². The number of nitrogens with zero attached hydrogens (tertiary/aromatic N) is 3. The lowest BCUT2D eigenvalue weighted by Gasteiger charge is -2.30. The van der Waals surface area contributed by atoms with Crippen molar-refractivity contribution < 1.29 is 18.5 Å². The van der Waals surface area contributed by atoms with E-state index < -0.39 is 0 Å². The van der Waals surface area contributed by atoms with Crippen LogP contribution < -0.4 is 0 Å². The first-order valence-electron chi connectivity index (χ1n) is 9.14. The number of rotatable bonds is 4. The molecule has 0 aliphatic carbocycles. The van der Waals surface area contributed by atoms with Gasteiger partial charge in [0.25, 0.3) is 0 Å². The number of carbonyl (C=O) groups excluding carboxylic acids is 1. The highest BCUT2D eigenvalue weighted by atomic mass is 16.5. The Morgan fingerprint density at radius 2 is 2.08 bits per heavy atom. The molecular formula is C19H25N3O4. The largest absolute Gasteiger partial charge is 0.465 e. The molecular weight excluding hydrogens is 334 g/mol. The first-order chi connectivity index (χ1) is 12.6. The molecule has 26 heavy (non-hydrogen) atoms.